The van der Waals surface area contributed by atoms with E-state index in [0.29, 0.717) is 51.4 Å². The summed E-state index contributed by atoms with van der Waals surface area (Å²) in [5.74, 6) is 3.07. The van der Waals surface area contributed by atoms with Gasteiger partial charge in [-0.2, -0.15) is 28.8 Å². The van der Waals surface area contributed by atoms with E-state index in [-0.39, 0.29) is 33.5 Å². The molecule has 0 N–H and O–H groups in total. The number of hydrogen-bond donors (Lipinski definition) is 0. The Hall–Kier alpha value is -9.19. The molecule has 12 aromatic rings. The Balaban J connectivity index is 0.000000157. The molecule has 0 aliphatic rings. The van der Waals surface area contributed by atoms with E-state index in [1.165, 1.54) is 23.2 Å². The average molecular weight is 1350 g/mol. The fourth-order valence-corrected chi connectivity index (χ4v) is 13.8. The van der Waals surface area contributed by atoms with Crippen LogP contribution in [0.2, 0.25) is 0 Å². The smallest absolute Gasteiger partial charge is 0.192 e. The van der Waals surface area contributed by atoms with E-state index in [1.807, 2.05) is 89.9 Å². The molecular formula is C73H86FN15O4S3. The normalized spacial score (nSPS) is 12.7. The molecule has 0 spiro atoms. The summed E-state index contributed by atoms with van der Waals surface area (Å²) >= 11 is 5.14. The van der Waals surface area contributed by atoms with Crippen molar-refractivity contribution in [2.45, 2.75) is 112 Å². The summed E-state index contributed by atoms with van der Waals surface area (Å²) in [6.07, 6.45) is 8.01. The highest BCUT2D eigenvalue weighted by Crippen LogP contribution is 2.36. The van der Waals surface area contributed by atoms with Crippen LogP contribution in [0.25, 0.3) is 69.3 Å². The third-order valence-corrected chi connectivity index (χ3v) is 19.9. The van der Waals surface area contributed by atoms with Gasteiger partial charge in [-0.15, -0.1) is 64.6 Å². The number of ether oxygens (including phenoxy) is 3. The number of halogens is 1. The van der Waals surface area contributed by atoms with Crippen LogP contribution in [-0.2, 0) is 16.2 Å². The summed E-state index contributed by atoms with van der Waals surface area (Å²) in [6.45, 7) is 25.4. The highest BCUT2D eigenvalue weighted by atomic mass is 32.1. The fourth-order valence-electron chi connectivity index (χ4n) is 11.2. The third kappa shape index (κ3) is 14.2. The molecule has 0 aliphatic carbocycles. The number of benzene rings is 3. The van der Waals surface area contributed by atoms with Gasteiger partial charge < -0.3 is 28.9 Å². The third-order valence-electron chi connectivity index (χ3n) is 16.3. The highest BCUT2D eigenvalue weighted by Gasteiger charge is 2.30. The monoisotopic (exact) mass is 1350 g/mol. The lowest BCUT2D eigenvalue weighted by atomic mass is 9.91. The van der Waals surface area contributed by atoms with Crippen LogP contribution in [0.1, 0.15) is 137 Å². The number of hydrogen-bond acceptors (Lipinski definition) is 19. The molecule has 0 saturated carbocycles. The summed E-state index contributed by atoms with van der Waals surface area (Å²) in [5.41, 5.74) is 7.92. The lowest BCUT2D eigenvalue weighted by Crippen LogP contribution is -2.22. The van der Waals surface area contributed by atoms with Crippen molar-refractivity contribution in [1.29, 1.82) is 0 Å². The maximum Gasteiger partial charge on any atom is 0.192 e. The molecular weight excluding hydrogens is 1270 g/mol. The fraction of sp³-hybridized carbons (Fsp3) is 0.370. The number of carbonyl (C=O) groups is 1. The standard InChI is InChI=1S/C28H35N5O2S.C23H27N5OS.C22H24FN5OS/c1-9-17(10-2)24(34)18-11-13-22(35-8)20(15-18)26-29-30-27-21(25(28(3,4)5)31-33(26)27)16-19-12-14-23(36-19)32(6)7;1-14-8-10-16(18(12-14)29-7)21-24-25-22-17(20(23(2,3)4)26-28(21)22)13-15-9-11-19(30-15)27(5)6;1-22(2,3)19-14(12-13-10-11-17(30-13)27(4)5)20-24-25-21(28(20)26-19)18-15(23)8-7-9-16(18)29-6/h11-17H,9-10H2,1-8H3;8-13H,1-7H3;7-12H,1-6H3/b21-16-;17-13-;14-12-. The number of anilines is 3. The Bertz CT molecular complexity index is 4950. The second-order valence-corrected chi connectivity index (χ2v) is 30.6. The summed E-state index contributed by atoms with van der Waals surface area (Å²) in [5, 5.41) is 47.9. The number of thiophene rings is 3. The first-order chi connectivity index (χ1) is 45.5. The summed E-state index contributed by atoms with van der Waals surface area (Å²) in [6, 6.07) is 29.0. The Kier molecular flexibility index (Phi) is 20.2. The van der Waals surface area contributed by atoms with Crippen LogP contribution in [0.15, 0.2) is 91.0 Å². The van der Waals surface area contributed by atoms with Crippen LogP contribution in [0.5, 0.6) is 17.2 Å². The first kappa shape index (κ1) is 69.6. The molecule has 0 aliphatic heterocycles. The predicted octanol–water partition coefficient (Wildman–Crippen LogP) is 13.4. The van der Waals surface area contributed by atoms with Crippen LogP contribution in [0.4, 0.5) is 19.4 Å². The molecule has 0 saturated heterocycles. The van der Waals surface area contributed by atoms with Gasteiger partial charge in [0, 0.05) is 100 Å². The molecule has 0 fully saturated rings. The van der Waals surface area contributed by atoms with E-state index in [4.69, 9.17) is 29.5 Å². The van der Waals surface area contributed by atoms with Crippen LogP contribution in [-0.4, -0.2) is 129 Å². The molecule has 12 rings (SSSR count). The number of aromatic nitrogens is 12. The van der Waals surface area contributed by atoms with Gasteiger partial charge in [-0.1, -0.05) is 88.3 Å². The number of nitrogens with zero attached hydrogens (tertiary/aromatic N) is 15. The number of methoxy groups -OCH3 is 3. The van der Waals surface area contributed by atoms with Gasteiger partial charge in [-0.05, 0) is 122 Å². The van der Waals surface area contributed by atoms with E-state index < -0.39 is 5.82 Å². The minimum Gasteiger partial charge on any atom is -0.496 e. The average Bonchev–Trinajstić information content (AvgIpc) is 1.61. The zero-order chi connectivity index (χ0) is 69.5. The predicted molar refractivity (Wildman–Crippen MR) is 390 cm³/mol. The van der Waals surface area contributed by atoms with Gasteiger partial charge >= 0.3 is 0 Å². The van der Waals surface area contributed by atoms with E-state index in [0.717, 1.165) is 87.7 Å². The quantitative estimate of drug-likeness (QED) is 0.0832. The maximum absolute atomic E-state index is 14.7. The van der Waals surface area contributed by atoms with Crippen molar-refractivity contribution in [3.63, 3.8) is 0 Å². The Morgan fingerprint density at radius 2 is 0.906 bits per heavy atom. The Morgan fingerprint density at radius 3 is 1.29 bits per heavy atom. The molecule has 9 aromatic heterocycles. The zero-order valence-electron chi connectivity index (χ0n) is 58.8. The van der Waals surface area contributed by atoms with E-state index in [2.05, 4.69) is 176 Å². The summed E-state index contributed by atoms with van der Waals surface area (Å²) < 4.78 is 36.6. The van der Waals surface area contributed by atoms with Crippen molar-refractivity contribution in [3.05, 3.63) is 155 Å². The lowest BCUT2D eigenvalue weighted by molar-refractivity contribution is 0.0913. The first-order valence-electron chi connectivity index (χ1n) is 31.8. The van der Waals surface area contributed by atoms with Gasteiger partial charge in [0.1, 0.15) is 23.1 Å². The largest absolute Gasteiger partial charge is 0.496 e. The highest BCUT2D eigenvalue weighted by molar-refractivity contribution is 7.17. The number of aryl methyl sites for hydroxylation is 1. The number of Topliss-reactive ketones (excluding diaryl/α,β-unsaturated/α-hetero) is 1. The number of ketones is 1. The van der Waals surface area contributed by atoms with Gasteiger partial charge in [0.05, 0.1) is 70.1 Å². The topological polar surface area (TPSA) is 184 Å². The molecule has 96 heavy (non-hydrogen) atoms. The van der Waals surface area contributed by atoms with Gasteiger partial charge in [0.2, 0.25) is 0 Å². The molecule has 0 unspecified atom stereocenters. The van der Waals surface area contributed by atoms with Crippen molar-refractivity contribution in [3.8, 4) is 51.4 Å². The summed E-state index contributed by atoms with van der Waals surface area (Å²) in [4.78, 5) is 22.8. The molecule has 0 amide bonds. The van der Waals surface area contributed by atoms with Crippen molar-refractivity contribution < 1.29 is 23.4 Å². The molecule has 9 heterocycles. The van der Waals surface area contributed by atoms with E-state index in [9.17, 15) is 9.18 Å². The molecule has 0 bridgehead atoms. The lowest BCUT2D eigenvalue weighted by Gasteiger charge is -2.15. The number of rotatable bonds is 16. The van der Waals surface area contributed by atoms with Crippen molar-refractivity contribution in [2.75, 3.05) is 78.3 Å². The Labute approximate surface area is 572 Å². The molecule has 23 heteroatoms. The SMILES string of the molecule is CCC(CC)C(=O)c1ccc(OC)c(-c2nnc3/c(=C\c4ccc(N(C)C)s4)c(C(C)(C)C)nn23)c1.COc1cc(C)ccc1-c1nnc2/c(=C\c3ccc(N(C)C)s3)c(C(C)(C)C)nn12.COc1cccc(F)c1-c1nnc2/c(=C\c3ccc(N(C)C)s3)c(C(C)(C)C)nn12. The van der Waals surface area contributed by atoms with Crippen molar-refractivity contribution in [2.24, 2.45) is 5.92 Å². The van der Waals surface area contributed by atoms with E-state index >= 15 is 0 Å². The molecule has 0 atom stereocenters. The second kappa shape index (κ2) is 27.9. The summed E-state index contributed by atoms with van der Waals surface area (Å²) in [7, 11) is 17.0. The van der Waals surface area contributed by atoms with Gasteiger partial charge in [-0.25, -0.2) is 4.39 Å². The molecule has 19 nitrogen and oxygen atoms in total. The first-order valence-corrected chi connectivity index (χ1v) is 34.3. The number of fused-ring (bicyclic) bond motifs is 3. The van der Waals surface area contributed by atoms with Crippen molar-refractivity contribution in [1.82, 2.24) is 59.4 Å². The van der Waals surface area contributed by atoms with Crippen LogP contribution in [0.3, 0.4) is 0 Å². The molecule has 3 aromatic carbocycles. The van der Waals surface area contributed by atoms with Crippen LogP contribution < -0.4 is 44.6 Å². The Morgan fingerprint density at radius 1 is 0.500 bits per heavy atom. The van der Waals surface area contributed by atoms with E-state index in [1.54, 1.807) is 69.4 Å². The zero-order valence-corrected chi connectivity index (χ0v) is 61.3. The minimum atomic E-state index is -0.427. The molecule has 0 radical (unpaired) electrons. The van der Waals surface area contributed by atoms with Gasteiger partial charge in [-0.3, -0.25) is 4.79 Å². The molecule has 502 valence electrons. The van der Waals surface area contributed by atoms with Gasteiger partial charge in [0.15, 0.2) is 40.2 Å². The maximum atomic E-state index is 14.7. The van der Waals surface area contributed by atoms with Crippen molar-refractivity contribution >= 4 is 90.0 Å². The van der Waals surface area contributed by atoms with Crippen LogP contribution >= 0.6 is 34.0 Å². The minimum absolute atomic E-state index is 0.00624. The van der Waals surface area contributed by atoms with Crippen LogP contribution in [0, 0.1) is 18.7 Å². The second-order valence-electron chi connectivity index (χ2n) is 27.3. The number of carbonyl (C=O) groups excluding carboxylic acids is 1. The van der Waals surface area contributed by atoms with Gasteiger partial charge in [0.25, 0.3) is 0 Å².